The third-order valence-corrected chi connectivity index (χ3v) is 3.45. The van der Waals surface area contributed by atoms with Gasteiger partial charge in [0.15, 0.2) is 5.60 Å². The molecule has 2 unspecified atom stereocenters. The first kappa shape index (κ1) is 12.5. The molecule has 0 radical (unpaired) electrons. The fourth-order valence-corrected chi connectivity index (χ4v) is 2.37. The van der Waals surface area contributed by atoms with Crippen molar-refractivity contribution < 1.29 is 14.6 Å². The Labute approximate surface area is 91.8 Å². The predicted molar refractivity (Wildman–Crippen MR) is 58.4 cm³/mol. The van der Waals surface area contributed by atoms with Crippen molar-refractivity contribution in [2.45, 2.75) is 58.7 Å². The van der Waals surface area contributed by atoms with Crippen molar-refractivity contribution in [2.24, 2.45) is 11.8 Å². The van der Waals surface area contributed by atoms with Crippen molar-refractivity contribution in [3.63, 3.8) is 0 Å². The molecule has 0 aromatic rings. The molecule has 1 aliphatic rings. The molecule has 0 amide bonds. The van der Waals surface area contributed by atoms with Gasteiger partial charge in [-0.1, -0.05) is 20.3 Å². The Morgan fingerprint density at radius 2 is 1.80 bits per heavy atom. The summed E-state index contributed by atoms with van der Waals surface area (Å²) in [5, 5.41) is 10.5. The molecular formula is C12H22O3. The number of carbonyl (C=O) groups excluding carboxylic acids is 1. The molecule has 0 aromatic heterocycles. The second-order valence-corrected chi connectivity index (χ2v) is 5.01. The largest absolute Gasteiger partial charge is 0.461 e. The highest BCUT2D eigenvalue weighted by molar-refractivity contribution is 5.80. The van der Waals surface area contributed by atoms with E-state index in [2.05, 4.69) is 0 Å². The summed E-state index contributed by atoms with van der Waals surface area (Å²) in [7, 11) is 0. The number of hydrogen-bond acceptors (Lipinski definition) is 3. The summed E-state index contributed by atoms with van der Waals surface area (Å²) < 4.78 is 5.14. The lowest BCUT2D eigenvalue weighted by atomic mass is 9.70. The molecule has 0 aliphatic heterocycles. The molecule has 0 bridgehead atoms. The van der Waals surface area contributed by atoms with Crippen LogP contribution in [0.15, 0.2) is 0 Å². The maximum absolute atomic E-state index is 11.9. The minimum absolute atomic E-state index is 0.00694. The van der Waals surface area contributed by atoms with Gasteiger partial charge in [-0.3, -0.25) is 0 Å². The van der Waals surface area contributed by atoms with Gasteiger partial charge in [0.2, 0.25) is 0 Å². The molecule has 88 valence electrons. The smallest absolute Gasteiger partial charge is 0.338 e. The first-order valence-electron chi connectivity index (χ1n) is 5.82. The Morgan fingerprint density at radius 1 is 1.33 bits per heavy atom. The third-order valence-electron chi connectivity index (χ3n) is 3.45. The van der Waals surface area contributed by atoms with Crippen LogP contribution in [0, 0.1) is 11.8 Å². The van der Waals surface area contributed by atoms with Gasteiger partial charge in [0.25, 0.3) is 0 Å². The predicted octanol–water partition coefficient (Wildman–Crippen LogP) is 2.13. The van der Waals surface area contributed by atoms with Gasteiger partial charge in [-0.25, -0.2) is 4.79 Å². The van der Waals surface area contributed by atoms with E-state index in [0.717, 1.165) is 19.3 Å². The van der Waals surface area contributed by atoms with Gasteiger partial charge in [-0.05, 0) is 38.5 Å². The SMILES string of the molecule is CC(C)OC(=O)C1(O)C(C)CCCC1C. The number of rotatable bonds is 2. The molecule has 1 fully saturated rings. The zero-order chi connectivity index (χ0) is 11.6. The van der Waals surface area contributed by atoms with Crippen LogP contribution in [0.3, 0.4) is 0 Å². The molecule has 0 saturated heterocycles. The van der Waals surface area contributed by atoms with Crippen molar-refractivity contribution >= 4 is 5.97 Å². The van der Waals surface area contributed by atoms with E-state index in [-0.39, 0.29) is 17.9 Å². The van der Waals surface area contributed by atoms with Crippen LogP contribution in [0.25, 0.3) is 0 Å². The Morgan fingerprint density at radius 3 is 2.20 bits per heavy atom. The van der Waals surface area contributed by atoms with Gasteiger partial charge in [0.05, 0.1) is 6.10 Å². The average Bonchev–Trinajstić information content (AvgIpc) is 2.12. The minimum Gasteiger partial charge on any atom is -0.461 e. The van der Waals surface area contributed by atoms with E-state index < -0.39 is 11.6 Å². The van der Waals surface area contributed by atoms with E-state index in [1.165, 1.54) is 0 Å². The molecule has 3 nitrogen and oxygen atoms in total. The Hall–Kier alpha value is -0.570. The zero-order valence-electron chi connectivity index (χ0n) is 10.1. The number of aliphatic hydroxyl groups is 1. The summed E-state index contributed by atoms with van der Waals surface area (Å²) >= 11 is 0. The molecule has 0 aromatic carbocycles. The molecule has 1 N–H and O–H groups in total. The lowest BCUT2D eigenvalue weighted by molar-refractivity contribution is -0.186. The molecule has 1 aliphatic carbocycles. The second kappa shape index (κ2) is 4.52. The first-order chi connectivity index (χ1) is 6.89. The standard InChI is InChI=1S/C12H22O3/c1-8(2)15-11(13)12(14)9(3)6-5-7-10(12)4/h8-10,14H,5-7H2,1-4H3. The number of carbonyl (C=O) groups is 1. The first-order valence-corrected chi connectivity index (χ1v) is 5.82. The van der Waals surface area contributed by atoms with Crippen LogP contribution >= 0.6 is 0 Å². The average molecular weight is 214 g/mol. The van der Waals surface area contributed by atoms with Gasteiger partial charge in [0.1, 0.15) is 0 Å². The van der Waals surface area contributed by atoms with Crippen LogP contribution in [0.1, 0.15) is 47.0 Å². The molecule has 15 heavy (non-hydrogen) atoms. The molecule has 1 saturated carbocycles. The van der Waals surface area contributed by atoms with E-state index in [4.69, 9.17) is 4.74 Å². The third kappa shape index (κ3) is 2.33. The van der Waals surface area contributed by atoms with Crippen molar-refractivity contribution in [1.82, 2.24) is 0 Å². The topological polar surface area (TPSA) is 46.5 Å². The molecule has 3 heteroatoms. The number of hydrogen-bond donors (Lipinski definition) is 1. The molecular weight excluding hydrogens is 192 g/mol. The van der Waals surface area contributed by atoms with Crippen LogP contribution < -0.4 is 0 Å². The van der Waals surface area contributed by atoms with Crippen LogP contribution in [-0.2, 0) is 9.53 Å². The molecule has 1 rings (SSSR count). The Kier molecular flexibility index (Phi) is 3.77. The number of esters is 1. The summed E-state index contributed by atoms with van der Waals surface area (Å²) in [6.07, 6.45) is 2.71. The lowest BCUT2D eigenvalue weighted by Gasteiger charge is -2.41. The summed E-state index contributed by atoms with van der Waals surface area (Å²) in [4.78, 5) is 11.9. The molecule has 0 spiro atoms. The quantitative estimate of drug-likeness (QED) is 0.716. The van der Waals surface area contributed by atoms with E-state index in [1.54, 1.807) is 13.8 Å². The zero-order valence-corrected chi connectivity index (χ0v) is 10.1. The van der Waals surface area contributed by atoms with Crippen molar-refractivity contribution in [2.75, 3.05) is 0 Å². The normalized spacial score (nSPS) is 36.7. The second-order valence-electron chi connectivity index (χ2n) is 5.01. The van der Waals surface area contributed by atoms with Gasteiger partial charge in [0, 0.05) is 0 Å². The summed E-state index contributed by atoms with van der Waals surface area (Å²) in [5.74, 6) is -0.461. The van der Waals surface area contributed by atoms with E-state index in [1.807, 2.05) is 13.8 Å². The Bertz CT molecular complexity index is 225. The minimum atomic E-state index is -1.28. The van der Waals surface area contributed by atoms with Gasteiger partial charge in [-0.15, -0.1) is 0 Å². The maximum Gasteiger partial charge on any atom is 0.338 e. The van der Waals surface area contributed by atoms with Crippen molar-refractivity contribution in [3.05, 3.63) is 0 Å². The van der Waals surface area contributed by atoms with E-state index >= 15 is 0 Å². The van der Waals surface area contributed by atoms with Crippen molar-refractivity contribution in [3.8, 4) is 0 Å². The van der Waals surface area contributed by atoms with Gasteiger partial charge >= 0.3 is 5.97 Å². The molecule has 2 atom stereocenters. The van der Waals surface area contributed by atoms with Crippen LogP contribution in [0.5, 0.6) is 0 Å². The highest BCUT2D eigenvalue weighted by Crippen LogP contribution is 2.39. The van der Waals surface area contributed by atoms with E-state index in [0.29, 0.717) is 0 Å². The summed E-state index contributed by atoms with van der Waals surface area (Å²) in [6.45, 7) is 7.47. The summed E-state index contributed by atoms with van der Waals surface area (Å²) in [6, 6.07) is 0. The van der Waals surface area contributed by atoms with Crippen LogP contribution in [0.2, 0.25) is 0 Å². The lowest BCUT2D eigenvalue weighted by Crippen LogP contribution is -2.53. The van der Waals surface area contributed by atoms with Crippen LogP contribution in [0.4, 0.5) is 0 Å². The van der Waals surface area contributed by atoms with E-state index in [9.17, 15) is 9.90 Å². The fourth-order valence-electron chi connectivity index (χ4n) is 2.37. The highest BCUT2D eigenvalue weighted by Gasteiger charge is 2.49. The monoisotopic (exact) mass is 214 g/mol. The van der Waals surface area contributed by atoms with Gasteiger partial charge in [-0.2, -0.15) is 0 Å². The van der Waals surface area contributed by atoms with Crippen molar-refractivity contribution in [1.29, 1.82) is 0 Å². The Balaban J connectivity index is 2.81. The summed E-state index contributed by atoms with van der Waals surface area (Å²) in [5.41, 5.74) is -1.28. The molecule has 0 heterocycles. The number of ether oxygens (including phenoxy) is 1. The maximum atomic E-state index is 11.9. The fraction of sp³-hybridized carbons (Fsp3) is 0.917. The highest BCUT2D eigenvalue weighted by atomic mass is 16.6. The van der Waals surface area contributed by atoms with Gasteiger partial charge < -0.3 is 9.84 Å². The van der Waals surface area contributed by atoms with Crippen LogP contribution in [-0.4, -0.2) is 22.8 Å².